The molecule has 0 atom stereocenters. The van der Waals surface area contributed by atoms with Gasteiger partial charge in [0.2, 0.25) is 0 Å². The minimum atomic E-state index is 0.927. The molecule has 0 aliphatic heterocycles. The molecule has 98 valence electrons. The summed E-state index contributed by atoms with van der Waals surface area (Å²) in [7, 11) is 1.98. The number of nitrogens with one attached hydrogen (secondary N) is 1. The molecule has 2 nitrogen and oxygen atoms in total. The van der Waals surface area contributed by atoms with Crippen molar-refractivity contribution >= 4 is 22.2 Å². The van der Waals surface area contributed by atoms with Crippen LogP contribution in [0.4, 0.5) is 0 Å². The lowest BCUT2D eigenvalue weighted by molar-refractivity contribution is 0.724. The van der Waals surface area contributed by atoms with E-state index in [0.29, 0.717) is 0 Å². The van der Waals surface area contributed by atoms with Crippen LogP contribution in [0.3, 0.4) is 0 Å². The molecular weight excluding hydrogens is 252 g/mol. The zero-order valence-corrected chi connectivity index (χ0v) is 11.9. The molecule has 0 aliphatic carbocycles. The van der Waals surface area contributed by atoms with Gasteiger partial charge >= 0.3 is 0 Å². The van der Waals surface area contributed by atoms with Crippen molar-refractivity contribution < 1.29 is 0 Å². The fourth-order valence-corrected chi connectivity index (χ4v) is 3.15. The Labute approximate surface area is 117 Å². The number of hydrogen-bond acceptors (Lipinski definition) is 2. The number of rotatable bonds is 5. The van der Waals surface area contributed by atoms with Gasteiger partial charge in [-0.2, -0.15) is 11.3 Å². The van der Waals surface area contributed by atoms with Crippen LogP contribution in [-0.4, -0.2) is 11.6 Å². The average Bonchev–Trinajstić information content (AvgIpc) is 3.05. The molecule has 1 N–H and O–H groups in total. The standard InChI is InChI=1S/C16H18N2S/c1-17-11-14-2-3-16-15(10-14)5-8-18(16)7-4-13-6-9-19-12-13/h2-3,5-6,8-10,12,17H,4,7,11H2,1H3. The lowest BCUT2D eigenvalue weighted by atomic mass is 10.1. The lowest BCUT2D eigenvalue weighted by Gasteiger charge is -2.06. The minimum absolute atomic E-state index is 0.927. The molecule has 0 spiro atoms. The molecule has 0 aliphatic rings. The summed E-state index contributed by atoms with van der Waals surface area (Å²) in [5, 5.41) is 8.90. The van der Waals surface area contributed by atoms with Gasteiger partial charge in [-0.15, -0.1) is 0 Å². The van der Waals surface area contributed by atoms with Gasteiger partial charge in [0.1, 0.15) is 0 Å². The number of fused-ring (bicyclic) bond motifs is 1. The van der Waals surface area contributed by atoms with Crippen molar-refractivity contribution in [2.45, 2.75) is 19.5 Å². The summed E-state index contributed by atoms with van der Waals surface area (Å²) in [5.74, 6) is 0. The van der Waals surface area contributed by atoms with E-state index in [1.54, 1.807) is 11.3 Å². The van der Waals surface area contributed by atoms with Crippen molar-refractivity contribution in [3.05, 3.63) is 58.4 Å². The number of benzene rings is 1. The normalized spacial score (nSPS) is 11.2. The molecule has 0 amide bonds. The monoisotopic (exact) mass is 270 g/mol. The van der Waals surface area contributed by atoms with E-state index in [-0.39, 0.29) is 0 Å². The summed E-state index contributed by atoms with van der Waals surface area (Å²) in [4.78, 5) is 0. The van der Waals surface area contributed by atoms with E-state index in [9.17, 15) is 0 Å². The summed E-state index contributed by atoms with van der Waals surface area (Å²) in [6.45, 7) is 1.97. The molecule has 19 heavy (non-hydrogen) atoms. The van der Waals surface area contributed by atoms with E-state index in [1.165, 1.54) is 22.0 Å². The van der Waals surface area contributed by atoms with Gasteiger partial charge in [-0.05, 0) is 65.0 Å². The third kappa shape index (κ3) is 2.72. The van der Waals surface area contributed by atoms with Gasteiger partial charge in [0.15, 0.2) is 0 Å². The Morgan fingerprint density at radius 2 is 2.11 bits per heavy atom. The van der Waals surface area contributed by atoms with Crippen molar-refractivity contribution in [2.24, 2.45) is 0 Å². The molecule has 0 radical (unpaired) electrons. The van der Waals surface area contributed by atoms with Gasteiger partial charge < -0.3 is 9.88 Å². The molecular formula is C16H18N2S. The summed E-state index contributed by atoms with van der Waals surface area (Å²) in [6, 6.07) is 11.1. The zero-order chi connectivity index (χ0) is 13.1. The van der Waals surface area contributed by atoms with E-state index in [0.717, 1.165) is 19.5 Å². The second-order valence-corrected chi connectivity index (χ2v) is 5.59. The summed E-state index contributed by atoms with van der Waals surface area (Å²) < 4.78 is 2.34. The lowest BCUT2D eigenvalue weighted by Crippen LogP contribution is -2.04. The highest BCUT2D eigenvalue weighted by atomic mass is 32.1. The smallest absolute Gasteiger partial charge is 0.0480 e. The van der Waals surface area contributed by atoms with Gasteiger partial charge in [0, 0.05) is 24.8 Å². The second-order valence-electron chi connectivity index (χ2n) is 4.81. The van der Waals surface area contributed by atoms with Crippen LogP contribution in [0.2, 0.25) is 0 Å². The predicted molar refractivity (Wildman–Crippen MR) is 82.7 cm³/mol. The van der Waals surface area contributed by atoms with Crippen LogP contribution in [0.1, 0.15) is 11.1 Å². The Balaban J connectivity index is 1.80. The van der Waals surface area contributed by atoms with Gasteiger partial charge in [-0.1, -0.05) is 6.07 Å². The first kappa shape index (κ1) is 12.5. The average molecular weight is 270 g/mol. The Morgan fingerprint density at radius 1 is 1.16 bits per heavy atom. The van der Waals surface area contributed by atoms with E-state index >= 15 is 0 Å². The van der Waals surface area contributed by atoms with Crippen molar-refractivity contribution in [3.8, 4) is 0 Å². The number of aryl methyl sites for hydroxylation is 2. The third-order valence-corrected chi connectivity index (χ3v) is 4.17. The minimum Gasteiger partial charge on any atom is -0.347 e. The molecule has 1 aromatic carbocycles. The van der Waals surface area contributed by atoms with Crippen LogP contribution in [-0.2, 0) is 19.5 Å². The first-order valence-electron chi connectivity index (χ1n) is 6.60. The molecule has 3 aromatic rings. The first-order chi connectivity index (χ1) is 9.36. The summed E-state index contributed by atoms with van der Waals surface area (Å²) in [6.07, 6.45) is 3.30. The van der Waals surface area contributed by atoms with Crippen LogP contribution >= 0.6 is 11.3 Å². The zero-order valence-electron chi connectivity index (χ0n) is 11.1. The van der Waals surface area contributed by atoms with E-state index in [2.05, 4.69) is 57.2 Å². The van der Waals surface area contributed by atoms with Crippen LogP contribution in [0.25, 0.3) is 10.9 Å². The highest BCUT2D eigenvalue weighted by Gasteiger charge is 2.02. The molecule has 2 aromatic heterocycles. The highest BCUT2D eigenvalue weighted by molar-refractivity contribution is 7.07. The van der Waals surface area contributed by atoms with Gasteiger partial charge in [-0.3, -0.25) is 0 Å². The van der Waals surface area contributed by atoms with Crippen LogP contribution in [0.15, 0.2) is 47.3 Å². The largest absolute Gasteiger partial charge is 0.347 e. The number of nitrogens with zero attached hydrogens (tertiary/aromatic N) is 1. The maximum atomic E-state index is 3.19. The Morgan fingerprint density at radius 3 is 2.89 bits per heavy atom. The van der Waals surface area contributed by atoms with Crippen molar-refractivity contribution in [2.75, 3.05) is 7.05 Å². The van der Waals surface area contributed by atoms with E-state index < -0.39 is 0 Å². The maximum Gasteiger partial charge on any atom is 0.0480 e. The van der Waals surface area contributed by atoms with Crippen LogP contribution in [0.5, 0.6) is 0 Å². The molecule has 2 heterocycles. The van der Waals surface area contributed by atoms with Crippen molar-refractivity contribution in [3.63, 3.8) is 0 Å². The summed E-state index contributed by atoms with van der Waals surface area (Å²) >= 11 is 1.77. The Kier molecular flexibility index (Phi) is 3.67. The molecule has 0 saturated carbocycles. The first-order valence-corrected chi connectivity index (χ1v) is 7.54. The molecule has 3 heteroatoms. The predicted octanol–water partition coefficient (Wildman–Crippen LogP) is 3.66. The second kappa shape index (κ2) is 5.59. The van der Waals surface area contributed by atoms with Crippen LogP contribution < -0.4 is 5.32 Å². The van der Waals surface area contributed by atoms with Crippen molar-refractivity contribution in [1.82, 2.24) is 9.88 Å². The Bertz CT molecular complexity index is 653. The number of aromatic nitrogens is 1. The Hall–Kier alpha value is -1.58. The van der Waals surface area contributed by atoms with Gasteiger partial charge in [-0.25, -0.2) is 0 Å². The van der Waals surface area contributed by atoms with E-state index in [1.807, 2.05) is 7.05 Å². The van der Waals surface area contributed by atoms with Gasteiger partial charge in [0.25, 0.3) is 0 Å². The maximum absolute atomic E-state index is 3.19. The SMILES string of the molecule is CNCc1ccc2c(ccn2CCc2ccsc2)c1. The number of hydrogen-bond donors (Lipinski definition) is 1. The van der Waals surface area contributed by atoms with Crippen molar-refractivity contribution in [1.29, 1.82) is 0 Å². The molecule has 0 saturated heterocycles. The fraction of sp³-hybridized carbons (Fsp3) is 0.250. The topological polar surface area (TPSA) is 17.0 Å². The molecule has 3 rings (SSSR count). The van der Waals surface area contributed by atoms with E-state index in [4.69, 9.17) is 0 Å². The third-order valence-electron chi connectivity index (χ3n) is 3.44. The highest BCUT2D eigenvalue weighted by Crippen LogP contribution is 2.18. The number of thiophene rings is 1. The molecule has 0 bridgehead atoms. The van der Waals surface area contributed by atoms with Gasteiger partial charge in [0.05, 0.1) is 0 Å². The summed E-state index contributed by atoms with van der Waals surface area (Å²) in [5.41, 5.74) is 4.10. The quantitative estimate of drug-likeness (QED) is 0.748. The van der Waals surface area contributed by atoms with Crippen LogP contribution in [0, 0.1) is 0 Å². The molecule has 0 unspecified atom stereocenters. The fourth-order valence-electron chi connectivity index (χ4n) is 2.44. The molecule has 0 fully saturated rings.